The van der Waals surface area contributed by atoms with E-state index in [0.29, 0.717) is 0 Å². The van der Waals surface area contributed by atoms with Gasteiger partial charge in [-0.1, -0.05) is 49.7 Å². The lowest BCUT2D eigenvalue weighted by Gasteiger charge is -2.17. The van der Waals surface area contributed by atoms with Crippen LogP contribution in [-0.4, -0.2) is 12.3 Å². The molecule has 0 bridgehead atoms. The smallest absolute Gasteiger partial charge is 0.193 e. The van der Waals surface area contributed by atoms with Gasteiger partial charge in [-0.15, -0.1) is 0 Å². The number of ketones is 1. The molecule has 1 heterocycles. The molecular formula is C19H21NO. The van der Waals surface area contributed by atoms with Gasteiger partial charge >= 0.3 is 0 Å². The predicted octanol–water partition coefficient (Wildman–Crippen LogP) is 3.52. The van der Waals surface area contributed by atoms with Crippen molar-refractivity contribution >= 4 is 5.78 Å². The Hall–Kier alpha value is -1.93. The molecule has 0 atom stereocenters. The fourth-order valence-electron chi connectivity index (χ4n) is 2.90. The molecule has 108 valence electrons. The van der Waals surface area contributed by atoms with Gasteiger partial charge in [-0.2, -0.15) is 0 Å². The maximum absolute atomic E-state index is 12.6. The molecule has 3 rings (SSSR count). The summed E-state index contributed by atoms with van der Waals surface area (Å²) >= 11 is 0. The van der Waals surface area contributed by atoms with Crippen LogP contribution in [0.2, 0.25) is 0 Å². The molecule has 0 radical (unpaired) electrons. The van der Waals surface area contributed by atoms with Gasteiger partial charge in [0.25, 0.3) is 0 Å². The van der Waals surface area contributed by atoms with Crippen LogP contribution >= 0.6 is 0 Å². The van der Waals surface area contributed by atoms with Crippen molar-refractivity contribution in [3.05, 3.63) is 70.3 Å². The number of carbonyl (C=O) groups is 1. The van der Waals surface area contributed by atoms with Gasteiger partial charge in [-0.05, 0) is 42.1 Å². The number of aryl methyl sites for hydroxylation is 1. The summed E-state index contributed by atoms with van der Waals surface area (Å²) in [4.78, 5) is 12.6. The molecule has 0 aromatic heterocycles. The number of benzene rings is 2. The highest BCUT2D eigenvalue weighted by Gasteiger charge is 2.13. The lowest BCUT2D eigenvalue weighted by atomic mass is 9.94. The Labute approximate surface area is 126 Å². The molecule has 0 saturated carbocycles. The van der Waals surface area contributed by atoms with E-state index in [1.807, 2.05) is 24.3 Å². The van der Waals surface area contributed by atoms with E-state index in [-0.39, 0.29) is 5.78 Å². The molecule has 0 fully saturated rings. The van der Waals surface area contributed by atoms with Crippen LogP contribution in [0, 0.1) is 0 Å². The molecule has 2 nitrogen and oxygen atoms in total. The molecule has 2 aromatic rings. The van der Waals surface area contributed by atoms with Crippen molar-refractivity contribution in [1.29, 1.82) is 0 Å². The number of fused-ring (bicyclic) bond motifs is 1. The van der Waals surface area contributed by atoms with Crippen molar-refractivity contribution in [3.8, 4) is 0 Å². The van der Waals surface area contributed by atoms with Crippen LogP contribution in [0.1, 0.15) is 46.0 Å². The van der Waals surface area contributed by atoms with E-state index in [0.717, 1.165) is 43.5 Å². The number of nitrogens with one attached hydrogen (secondary N) is 1. The molecule has 21 heavy (non-hydrogen) atoms. The zero-order valence-corrected chi connectivity index (χ0v) is 12.5. The highest BCUT2D eigenvalue weighted by molar-refractivity contribution is 6.09. The van der Waals surface area contributed by atoms with E-state index in [1.165, 1.54) is 16.7 Å². The zero-order chi connectivity index (χ0) is 14.7. The highest BCUT2D eigenvalue weighted by atomic mass is 16.1. The first kappa shape index (κ1) is 14.0. The van der Waals surface area contributed by atoms with Crippen LogP contribution in [0.5, 0.6) is 0 Å². The molecule has 1 aliphatic heterocycles. The summed E-state index contributed by atoms with van der Waals surface area (Å²) in [5.41, 5.74) is 5.49. The summed E-state index contributed by atoms with van der Waals surface area (Å²) < 4.78 is 0. The summed E-state index contributed by atoms with van der Waals surface area (Å²) in [7, 11) is 0. The fourth-order valence-corrected chi connectivity index (χ4v) is 2.90. The van der Waals surface area contributed by atoms with Gasteiger partial charge in [0.05, 0.1) is 0 Å². The standard InChI is InChI=1S/C19H21NO/c1-2-3-14-4-6-16(7-5-14)19(21)17-9-8-15-10-11-20-13-18(15)12-17/h4-9,12,20H,2-3,10-11,13H2,1H3. The summed E-state index contributed by atoms with van der Waals surface area (Å²) in [6.07, 6.45) is 3.25. The van der Waals surface area contributed by atoms with Crippen LogP contribution in [0.25, 0.3) is 0 Å². The van der Waals surface area contributed by atoms with Crippen LogP contribution < -0.4 is 5.32 Å². The first-order valence-electron chi connectivity index (χ1n) is 7.74. The monoisotopic (exact) mass is 279 g/mol. The Morgan fingerprint density at radius 2 is 1.81 bits per heavy atom. The van der Waals surface area contributed by atoms with Gasteiger partial charge in [-0.25, -0.2) is 0 Å². The van der Waals surface area contributed by atoms with E-state index in [4.69, 9.17) is 0 Å². The van der Waals surface area contributed by atoms with Gasteiger partial charge in [0.2, 0.25) is 0 Å². The van der Waals surface area contributed by atoms with Crippen molar-refractivity contribution in [2.24, 2.45) is 0 Å². The molecule has 0 amide bonds. The SMILES string of the molecule is CCCc1ccc(C(=O)c2ccc3c(c2)CNCC3)cc1. The summed E-state index contributed by atoms with van der Waals surface area (Å²) in [5.74, 6) is 0.117. The Bertz CT molecular complexity index is 643. The lowest BCUT2D eigenvalue weighted by molar-refractivity contribution is 0.103. The molecule has 2 heteroatoms. The molecule has 1 aliphatic rings. The normalized spacial score (nSPS) is 13.8. The van der Waals surface area contributed by atoms with Crippen molar-refractivity contribution in [2.75, 3.05) is 6.54 Å². The zero-order valence-electron chi connectivity index (χ0n) is 12.5. The van der Waals surface area contributed by atoms with Crippen molar-refractivity contribution in [1.82, 2.24) is 5.32 Å². The van der Waals surface area contributed by atoms with Gasteiger partial charge in [0, 0.05) is 17.7 Å². The fraction of sp³-hybridized carbons (Fsp3) is 0.316. The second-order valence-corrected chi connectivity index (χ2v) is 5.69. The van der Waals surface area contributed by atoms with E-state index in [1.54, 1.807) is 0 Å². The van der Waals surface area contributed by atoms with Gasteiger partial charge < -0.3 is 5.32 Å². The number of carbonyl (C=O) groups excluding carboxylic acids is 1. The van der Waals surface area contributed by atoms with Gasteiger partial charge in [0.15, 0.2) is 5.78 Å². The third-order valence-electron chi connectivity index (χ3n) is 4.11. The Balaban J connectivity index is 1.84. The third-order valence-corrected chi connectivity index (χ3v) is 4.11. The second kappa shape index (κ2) is 6.23. The average Bonchev–Trinajstić information content (AvgIpc) is 2.55. The summed E-state index contributed by atoms with van der Waals surface area (Å²) in [6, 6.07) is 14.1. The lowest BCUT2D eigenvalue weighted by Crippen LogP contribution is -2.23. The predicted molar refractivity (Wildman–Crippen MR) is 85.7 cm³/mol. The third kappa shape index (κ3) is 3.06. The minimum absolute atomic E-state index is 0.117. The Kier molecular flexibility index (Phi) is 4.16. The van der Waals surface area contributed by atoms with E-state index >= 15 is 0 Å². The largest absolute Gasteiger partial charge is 0.312 e. The first-order chi connectivity index (χ1) is 10.3. The second-order valence-electron chi connectivity index (χ2n) is 5.69. The highest BCUT2D eigenvalue weighted by Crippen LogP contribution is 2.19. The van der Waals surface area contributed by atoms with Gasteiger partial charge in [0.1, 0.15) is 0 Å². The molecule has 2 aromatic carbocycles. The van der Waals surface area contributed by atoms with Crippen LogP contribution in [0.4, 0.5) is 0 Å². The van der Waals surface area contributed by atoms with Crippen LogP contribution in [-0.2, 0) is 19.4 Å². The topological polar surface area (TPSA) is 29.1 Å². The quantitative estimate of drug-likeness (QED) is 0.868. The number of hydrogen-bond acceptors (Lipinski definition) is 2. The Morgan fingerprint density at radius 1 is 1.05 bits per heavy atom. The van der Waals surface area contributed by atoms with E-state index in [2.05, 4.69) is 30.4 Å². The minimum atomic E-state index is 0.117. The Morgan fingerprint density at radius 3 is 2.57 bits per heavy atom. The van der Waals surface area contributed by atoms with E-state index in [9.17, 15) is 4.79 Å². The summed E-state index contributed by atoms with van der Waals surface area (Å²) in [6.45, 7) is 4.06. The maximum Gasteiger partial charge on any atom is 0.193 e. The minimum Gasteiger partial charge on any atom is -0.312 e. The van der Waals surface area contributed by atoms with Crippen LogP contribution in [0.15, 0.2) is 42.5 Å². The number of rotatable bonds is 4. The molecule has 0 aliphatic carbocycles. The van der Waals surface area contributed by atoms with E-state index < -0.39 is 0 Å². The van der Waals surface area contributed by atoms with Crippen molar-refractivity contribution < 1.29 is 4.79 Å². The molecule has 1 N–H and O–H groups in total. The summed E-state index contributed by atoms with van der Waals surface area (Å²) in [5, 5.41) is 3.36. The molecule has 0 saturated heterocycles. The molecule has 0 unspecified atom stereocenters. The average molecular weight is 279 g/mol. The molecule has 0 spiro atoms. The van der Waals surface area contributed by atoms with Crippen LogP contribution in [0.3, 0.4) is 0 Å². The first-order valence-corrected chi connectivity index (χ1v) is 7.74. The van der Waals surface area contributed by atoms with Crippen molar-refractivity contribution in [3.63, 3.8) is 0 Å². The maximum atomic E-state index is 12.6. The van der Waals surface area contributed by atoms with Crippen molar-refractivity contribution in [2.45, 2.75) is 32.7 Å². The van der Waals surface area contributed by atoms with Gasteiger partial charge in [-0.3, -0.25) is 4.79 Å². The number of hydrogen-bond donors (Lipinski definition) is 1. The molecular weight excluding hydrogens is 258 g/mol.